The van der Waals surface area contributed by atoms with Crippen LogP contribution < -0.4 is 22.2 Å². The van der Waals surface area contributed by atoms with Gasteiger partial charge in [0.2, 0.25) is 5.91 Å². The van der Waals surface area contributed by atoms with Crippen molar-refractivity contribution in [1.29, 1.82) is 0 Å². The van der Waals surface area contributed by atoms with Gasteiger partial charge in [-0.15, -0.1) is 0 Å². The molecule has 0 aromatic rings. The summed E-state index contributed by atoms with van der Waals surface area (Å²) >= 11 is 0. The molecule has 6 N–H and O–H groups in total. The van der Waals surface area contributed by atoms with E-state index >= 15 is 0 Å². The summed E-state index contributed by atoms with van der Waals surface area (Å²) in [5.41, 5.74) is 14.0. The predicted molar refractivity (Wildman–Crippen MR) is 89.0 cm³/mol. The van der Waals surface area contributed by atoms with E-state index in [9.17, 15) is 9.59 Å². The number of nitrogens with two attached hydrogens (primary N) is 2. The van der Waals surface area contributed by atoms with Gasteiger partial charge in [-0.2, -0.15) is 0 Å². The van der Waals surface area contributed by atoms with Crippen molar-refractivity contribution in [1.82, 2.24) is 15.8 Å². The van der Waals surface area contributed by atoms with Gasteiger partial charge < -0.3 is 21.6 Å². The molecule has 0 aliphatic heterocycles. The summed E-state index contributed by atoms with van der Waals surface area (Å²) in [4.78, 5) is 22.4. The van der Waals surface area contributed by atoms with Gasteiger partial charge in [0.1, 0.15) is 6.29 Å². The van der Waals surface area contributed by atoms with E-state index in [1.807, 2.05) is 11.9 Å². The lowest BCUT2D eigenvalue weighted by molar-refractivity contribution is -0.120. The number of hydrazine groups is 1. The summed E-state index contributed by atoms with van der Waals surface area (Å²) in [6.45, 7) is 7.48. The van der Waals surface area contributed by atoms with Gasteiger partial charge in [0.05, 0.1) is 12.6 Å². The van der Waals surface area contributed by atoms with Gasteiger partial charge in [-0.25, -0.2) is 10.4 Å². The molecule has 0 radical (unpaired) electrons. The summed E-state index contributed by atoms with van der Waals surface area (Å²) in [5, 5.41) is 4.88. The van der Waals surface area contributed by atoms with Crippen LogP contribution in [-0.4, -0.2) is 55.0 Å². The molecule has 0 aliphatic carbocycles. The number of amides is 1. The van der Waals surface area contributed by atoms with Gasteiger partial charge >= 0.3 is 0 Å². The number of aldehydes is 1. The number of nitrogens with zero attached hydrogens (tertiary/aromatic N) is 1. The van der Waals surface area contributed by atoms with E-state index in [1.54, 1.807) is 0 Å². The number of nitrogens with one attached hydrogen (secondary N) is 2. The molecule has 0 aromatic heterocycles. The summed E-state index contributed by atoms with van der Waals surface area (Å²) in [5.74, 6) is -0.149. The monoisotopic (exact) mass is 315 g/mol. The zero-order valence-corrected chi connectivity index (χ0v) is 14.2. The Bertz CT molecular complexity index is 312. The van der Waals surface area contributed by atoms with E-state index in [-0.39, 0.29) is 30.6 Å². The van der Waals surface area contributed by atoms with Crippen molar-refractivity contribution in [3.63, 3.8) is 0 Å². The van der Waals surface area contributed by atoms with Crippen molar-refractivity contribution in [2.75, 3.05) is 19.6 Å². The molecule has 7 nitrogen and oxygen atoms in total. The van der Waals surface area contributed by atoms with Gasteiger partial charge in [0.25, 0.3) is 0 Å². The average molecular weight is 315 g/mol. The summed E-state index contributed by atoms with van der Waals surface area (Å²) < 4.78 is 0. The molecule has 0 aromatic carbocycles. The minimum absolute atomic E-state index is 0.00481. The first-order valence-corrected chi connectivity index (χ1v) is 8.12. The Kier molecular flexibility index (Phi) is 11.9. The molecule has 2 atom stereocenters. The molecule has 0 aliphatic rings. The predicted octanol–water partition coefficient (Wildman–Crippen LogP) is -0.249. The smallest absolute Gasteiger partial charge is 0.233 e. The quantitative estimate of drug-likeness (QED) is 0.212. The third kappa shape index (κ3) is 9.83. The molecule has 7 heteroatoms. The Balaban J connectivity index is 4.28. The third-order valence-electron chi connectivity index (χ3n) is 3.48. The minimum atomic E-state index is -0.192. The number of rotatable bonds is 13. The van der Waals surface area contributed by atoms with Gasteiger partial charge in [-0.05, 0) is 46.6 Å². The standard InChI is InChI=1S/C15H33N5O2/c1-12(2)20(9-7-13(3)18-15(22)10-17)19-14(11-21)6-4-5-8-16/h11-14,19H,4-10,16-17H2,1-3H3,(H,18,22)/t13-,14-/m0/s1. The van der Waals surface area contributed by atoms with Crippen molar-refractivity contribution in [2.24, 2.45) is 11.5 Å². The highest BCUT2D eigenvalue weighted by molar-refractivity contribution is 5.77. The zero-order chi connectivity index (χ0) is 17.0. The van der Waals surface area contributed by atoms with Crippen LogP contribution in [0.4, 0.5) is 0 Å². The van der Waals surface area contributed by atoms with Crippen LogP contribution in [-0.2, 0) is 9.59 Å². The average Bonchev–Trinajstić information content (AvgIpc) is 2.49. The van der Waals surface area contributed by atoms with Gasteiger partial charge in [-0.3, -0.25) is 4.79 Å². The lowest BCUT2D eigenvalue weighted by Gasteiger charge is -2.31. The van der Waals surface area contributed by atoms with Crippen LogP contribution in [0.5, 0.6) is 0 Å². The molecular formula is C15H33N5O2. The van der Waals surface area contributed by atoms with E-state index < -0.39 is 0 Å². The number of hydrogen-bond acceptors (Lipinski definition) is 6. The van der Waals surface area contributed by atoms with E-state index in [1.165, 1.54) is 0 Å². The maximum Gasteiger partial charge on any atom is 0.233 e. The molecular weight excluding hydrogens is 282 g/mol. The van der Waals surface area contributed by atoms with Crippen molar-refractivity contribution >= 4 is 12.2 Å². The number of hydrogen-bond donors (Lipinski definition) is 4. The fourth-order valence-electron chi connectivity index (χ4n) is 2.10. The van der Waals surface area contributed by atoms with Crippen LogP contribution in [0.1, 0.15) is 46.5 Å². The minimum Gasteiger partial charge on any atom is -0.353 e. The van der Waals surface area contributed by atoms with Crippen LogP contribution >= 0.6 is 0 Å². The van der Waals surface area contributed by atoms with Crippen molar-refractivity contribution in [3.8, 4) is 0 Å². The lowest BCUT2D eigenvalue weighted by Crippen LogP contribution is -2.50. The molecule has 0 spiro atoms. The fraction of sp³-hybridized carbons (Fsp3) is 0.867. The SMILES string of the molecule is CC(C)N(CC[C@H](C)NC(=O)CN)N[C@H](C=O)CCCCN. The van der Waals surface area contributed by atoms with Crippen LogP contribution in [0, 0.1) is 0 Å². The highest BCUT2D eigenvalue weighted by atomic mass is 16.1. The van der Waals surface area contributed by atoms with Crippen LogP contribution in [0.3, 0.4) is 0 Å². The Morgan fingerprint density at radius 2 is 1.86 bits per heavy atom. The summed E-state index contributed by atoms with van der Waals surface area (Å²) in [6, 6.07) is 0.114. The molecule has 0 rings (SSSR count). The van der Waals surface area contributed by atoms with E-state index in [2.05, 4.69) is 24.6 Å². The number of carbonyl (C=O) groups excluding carboxylic acids is 2. The van der Waals surface area contributed by atoms with Gasteiger partial charge in [-0.1, -0.05) is 6.42 Å². The molecule has 0 unspecified atom stereocenters. The van der Waals surface area contributed by atoms with Crippen molar-refractivity contribution in [2.45, 2.75) is 64.6 Å². The lowest BCUT2D eigenvalue weighted by atomic mass is 10.1. The second-order valence-corrected chi connectivity index (χ2v) is 5.90. The summed E-state index contributed by atoms with van der Waals surface area (Å²) in [7, 11) is 0. The first-order valence-electron chi connectivity index (χ1n) is 8.12. The summed E-state index contributed by atoms with van der Waals surface area (Å²) in [6.07, 6.45) is 4.37. The van der Waals surface area contributed by atoms with Crippen molar-refractivity contribution < 1.29 is 9.59 Å². The highest BCUT2D eigenvalue weighted by Gasteiger charge is 2.16. The number of carbonyl (C=O) groups is 2. The Morgan fingerprint density at radius 3 is 2.36 bits per heavy atom. The molecule has 0 saturated carbocycles. The Morgan fingerprint density at radius 1 is 1.18 bits per heavy atom. The van der Waals surface area contributed by atoms with Crippen LogP contribution in [0.25, 0.3) is 0 Å². The fourth-order valence-corrected chi connectivity index (χ4v) is 2.10. The van der Waals surface area contributed by atoms with Gasteiger partial charge in [0.15, 0.2) is 0 Å². The van der Waals surface area contributed by atoms with Gasteiger partial charge in [0, 0.05) is 18.6 Å². The maximum atomic E-state index is 11.2. The van der Waals surface area contributed by atoms with E-state index in [4.69, 9.17) is 11.5 Å². The third-order valence-corrected chi connectivity index (χ3v) is 3.48. The van der Waals surface area contributed by atoms with Crippen molar-refractivity contribution in [3.05, 3.63) is 0 Å². The molecule has 130 valence electrons. The molecule has 22 heavy (non-hydrogen) atoms. The van der Waals surface area contributed by atoms with Crippen LogP contribution in [0.2, 0.25) is 0 Å². The van der Waals surface area contributed by atoms with E-state index in [0.29, 0.717) is 6.54 Å². The number of unbranched alkanes of at least 4 members (excludes halogenated alkanes) is 1. The Labute approximate surface area is 134 Å². The normalized spacial score (nSPS) is 14.1. The highest BCUT2D eigenvalue weighted by Crippen LogP contribution is 2.04. The molecule has 1 amide bonds. The molecule has 0 fully saturated rings. The first-order chi connectivity index (χ1) is 10.4. The molecule has 0 heterocycles. The molecule has 0 bridgehead atoms. The topological polar surface area (TPSA) is 113 Å². The second-order valence-electron chi connectivity index (χ2n) is 5.90. The van der Waals surface area contributed by atoms with Crippen LogP contribution in [0.15, 0.2) is 0 Å². The maximum absolute atomic E-state index is 11.2. The zero-order valence-electron chi connectivity index (χ0n) is 14.2. The Hall–Kier alpha value is -1.02. The first kappa shape index (κ1) is 21.0. The molecule has 0 saturated heterocycles. The largest absolute Gasteiger partial charge is 0.353 e. The van der Waals surface area contributed by atoms with E-state index in [0.717, 1.165) is 38.5 Å². The second kappa shape index (κ2) is 12.5.